The van der Waals surface area contributed by atoms with Crippen LogP contribution in [0, 0.1) is 23.1 Å². The van der Waals surface area contributed by atoms with E-state index in [9.17, 15) is 14.0 Å². The highest BCUT2D eigenvalue weighted by Gasteiger charge is 2.54. The maximum absolute atomic E-state index is 14.4. The number of anilines is 1. The number of likely N-dealkylation sites (tertiary alicyclic amines) is 1. The quantitative estimate of drug-likeness (QED) is 0.474. The van der Waals surface area contributed by atoms with Crippen molar-refractivity contribution in [2.45, 2.75) is 43.7 Å². The molecule has 2 saturated heterocycles. The van der Waals surface area contributed by atoms with Crippen LogP contribution in [0.15, 0.2) is 30.7 Å². The molecule has 1 saturated carbocycles. The lowest BCUT2D eigenvalue weighted by Gasteiger charge is -2.39. The predicted molar refractivity (Wildman–Crippen MR) is 140 cm³/mol. The summed E-state index contributed by atoms with van der Waals surface area (Å²) < 4.78 is 19.4. The molecular formula is C27H28FN9O3. The zero-order valence-electron chi connectivity index (χ0n) is 21.9. The molecule has 2 aliphatic heterocycles. The third kappa shape index (κ3) is 4.81. The van der Waals surface area contributed by atoms with Crippen LogP contribution >= 0.6 is 0 Å². The van der Waals surface area contributed by atoms with Gasteiger partial charge in [-0.05, 0) is 38.2 Å². The Kier molecular flexibility index (Phi) is 6.53. The van der Waals surface area contributed by atoms with Gasteiger partial charge in [0.25, 0.3) is 5.91 Å². The maximum Gasteiger partial charge on any atom is 0.272 e. The monoisotopic (exact) mass is 545 g/mol. The Bertz CT molecular complexity index is 1480. The summed E-state index contributed by atoms with van der Waals surface area (Å²) in [6.07, 6.45) is 7.68. The molecule has 206 valence electrons. The highest BCUT2D eigenvalue weighted by molar-refractivity contribution is 5.94. The molecule has 3 aliphatic rings. The number of carbonyl (C=O) groups is 2. The Hall–Kier alpha value is -4.60. The van der Waals surface area contributed by atoms with E-state index in [0.717, 1.165) is 32.0 Å². The standard InChI is InChI=1S/C27H28FN9O3/c1-40-23-8-19(20(28)14-30-23)21-9-22(35-34-21)25(39)37-7-2-17(10-27(37)4-5-27)24(38)33-18-3-6-36(15-18)26-31-12-16(11-29)13-32-26/h8-9,12-14,17-18H,2-7,10,15H2,1H3,(H,33,38)(H,34,35)/t17?,18-/m0/s1. The number of pyridine rings is 1. The number of aromatic nitrogens is 5. The summed E-state index contributed by atoms with van der Waals surface area (Å²) in [6, 6.07) is 4.97. The van der Waals surface area contributed by atoms with Crippen LogP contribution in [-0.2, 0) is 4.79 Å². The molecule has 1 aliphatic carbocycles. The minimum Gasteiger partial charge on any atom is -0.481 e. The van der Waals surface area contributed by atoms with E-state index in [1.807, 2.05) is 15.9 Å². The van der Waals surface area contributed by atoms with Crippen molar-refractivity contribution in [3.05, 3.63) is 47.8 Å². The van der Waals surface area contributed by atoms with Crippen molar-refractivity contribution in [2.24, 2.45) is 5.92 Å². The number of piperidine rings is 1. The average Bonchev–Trinajstić information content (AvgIpc) is 3.35. The van der Waals surface area contributed by atoms with Crippen molar-refractivity contribution in [1.82, 2.24) is 35.4 Å². The lowest BCUT2D eigenvalue weighted by Crippen LogP contribution is -2.52. The predicted octanol–water partition coefficient (Wildman–Crippen LogP) is 2.06. The summed E-state index contributed by atoms with van der Waals surface area (Å²) in [5.41, 5.74) is 0.817. The number of halogens is 1. The Morgan fingerprint density at radius 2 is 1.98 bits per heavy atom. The number of aromatic amines is 1. The molecule has 5 heterocycles. The first-order chi connectivity index (χ1) is 19.4. The van der Waals surface area contributed by atoms with Crippen molar-refractivity contribution in [3.63, 3.8) is 0 Å². The first kappa shape index (κ1) is 25.7. The molecule has 3 aromatic heterocycles. The van der Waals surface area contributed by atoms with Gasteiger partial charge in [-0.15, -0.1) is 0 Å². The molecule has 1 spiro atoms. The SMILES string of the molecule is COc1cc(-c2cc(C(=O)N3CCC(C(=O)N[C@H]4CCN(c5ncc(C#N)cn5)C4)CC34CC4)[nH]n2)c(F)cn1. The van der Waals surface area contributed by atoms with Crippen LogP contribution in [0.3, 0.4) is 0 Å². The number of amides is 2. The fourth-order valence-corrected chi connectivity index (χ4v) is 5.72. The van der Waals surface area contributed by atoms with Crippen LogP contribution in [0.5, 0.6) is 5.88 Å². The Morgan fingerprint density at radius 1 is 1.18 bits per heavy atom. The number of methoxy groups -OCH3 is 1. The van der Waals surface area contributed by atoms with Crippen molar-refractivity contribution in [2.75, 3.05) is 31.6 Å². The fraction of sp³-hybridized carbons (Fsp3) is 0.444. The Labute approximate surface area is 229 Å². The number of nitrogens with one attached hydrogen (secondary N) is 2. The number of hydrogen-bond donors (Lipinski definition) is 2. The van der Waals surface area contributed by atoms with Crippen LogP contribution < -0.4 is 15.0 Å². The van der Waals surface area contributed by atoms with Crippen molar-refractivity contribution in [1.29, 1.82) is 5.26 Å². The molecule has 3 aromatic rings. The third-order valence-corrected chi connectivity index (χ3v) is 8.05. The first-order valence-corrected chi connectivity index (χ1v) is 13.2. The molecule has 0 radical (unpaired) electrons. The summed E-state index contributed by atoms with van der Waals surface area (Å²) >= 11 is 0. The molecule has 2 N–H and O–H groups in total. The van der Waals surface area contributed by atoms with Gasteiger partial charge in [0.15, 0.2) is 5.82 Å². The molecule has 1 unspecified atom stereocenters. The van der Waals surface area contributed by atoms with Crippen LogP contribution in [0.25, 0.3) is 11.3 Å². The number of ether oxygens (including phenoxy) is 1. The van der Waals surface area contributed by atoms with Gasteiger partial charge in [0.1, 0.15) is 11.8 Å². The van der Waals surface area contributed by atoms with E-state index in [2.05, 4.69) is 30.5 Å². The van der Waals surface area contributed by atoms with E-state index in [-0.39, 0.29) is 52.1 Å². The van der Waals surface area contributed by atoms with Crippen LogP contribution in [0.1, 0.15) is 48.2 Å². The van der Waals surface area contributed by atoms with Crippen molar-refractivity contribution < 1.29 is 18.7 Å². The van der Waals surface area contributed by atoms with E-state index in [4.69, 9.17) is 10.00 Å². The molecule has 2 amide bonds. The number of hydrogen-bond acceptors (Lipinski definition) is 9. The Balaban J connectivity index is 1.07. The van der Waals surface area contributed by atoms with Gasteiger partial charge in [-0.25, -0.2) is 19.3 Å². The van der Waals surface area contributed by atoms with Gasteiger partial charge in [-0.3, -0.25) is 14.7 Å². The van der Waals surface area contributed by atoms with E-state index in [0.29, 0.717) is 37.4 Å². The van der Waals surface area contributed by atoms with E-state index in [1.165, 1.54) is 25.6 Å². The molecule has 3 fully saturated rings. The largest absolute Gasteiger partial charge is 0.481 e. The van der Waals surface area contributed by atoms with Gasteiger partial charge in [-0.2, -0.15) is 10.4 Å². The van der Waals surface area contributed by atoms with Crippen LogP contribution in [0.4, 0.5) is 10.3 Å². The number of carbonyl (C=O) groups excluding carboxylic acids is 2. The summed E-state index contributed by atoms with van der Waals surface area (Å²) in [7, 11) is 1.44. The van der Waals surface area contributed by atoms with Gasteiger partial charge < -0.3 is 19.9 Å². The second-order valence-electron chi connectivity index (χ2n) is 10.6. The van der Waals surface area contributed by atoms with Crippen LogP contribution in [0.2, 0.25) is 0 Å². The second-order valence-corrected chi connectivity index (χ2v) is 10.6. The summed E-state index contributed by atoms with van der Waals surface area (Å²) in [5, 5.41) is 19.0. The summed E-state index contributed by atoms with van der Waals surface area (Å²) in [6.45, 7) is 1.78. The normalized spacial score (nSPS) is 21.2. The molecule has 2 atom stereocenters. The molecule has 13 heteroatoms. The number of rotatable bonds is 6. The highest BCUT2D eigenvalue weighted by Crippen LogP contribution is 2.50. The first-order valence-electron chi connectivity index (χ1n) is 13.2. The van der Waals surface area contributed by atoms with Gasteiger partial charge in [0.2, 0.25) is 17.7 Å². The average molecular weight is 546 g/mol. The van der Waals surface area contributed by atoms with Crippen LogP contribution in [-0.4, -0.2) is 80.2 Å². The number of nitrogens with zero attached hydrogens (tertiary/aromatic N) is 7. The number of nitriles is 1. The zero-order chi connectivity index (χ0) is 27.9. The molecule has 12 nitrogen and oxygen atoms in total. The minimum atomic E-state index is -0.563. The highest BCUT2D eigenvalue weighted by atomic mass is 19.1. The van der Waals surface area contributed by atoms with Gasteiger partial charge in [0.05, 0.1) is 37.0 Å². The smallest absolute Gasteiger partial charge is 0.272 e. The Morgan fingerprint density at radius 3 is 2.70 bits per heavy atom. The summed E-state index contributed by atoms with van der Waals surface area (Å²) in [4.78, 5) is 42.9. The molecule has 0 aromatic carbocycles. The van der Waals surface area contributed by atoms with Crippen molar-refractivity contribution in [3.8, 4) is 23.2 Å². The van der Waals surface area contributed by atoms with Gasteiger partial charge >= 0.3 is 0 Å². The van der Waals surface area contributed by atoms with E-state index >= 15 is 0 Å². The summed E-state index contributed by atoms with van der Waals surface area (Å²) in [5.74, 6) is -0.138. The molecule has 40 heavy (non-hydrogen) atoms. The van der Waals surface area contributed by atoms with E-state index < -0.39 is 5.82 Å². The lowest BCUT2D eigenvalue weighted by molar-refractivity contribution is -0.127. The minimum absolute atomic E-state index is 0.0110. The molecular weight excluding hydrogens is 517 g/mol. The lowest BCUT2D eigenvalue weighted by atomic mass is 9.87. The third-order valence-electron chi connectivity index (χ3n) is 8.05. The maximum atomic E-state index is 14.4. The van der Waals surface area contributed by atoms with E-state index in [1.54, 1.807) is 6.07 Å². The van der Waals surface area contributed by atoms with Gasteiger partial charge in [0, 0.05) is 48.8 Å². The molecule has 0 bridgehead atoms. The van der Waals surface area contributed by atoms with Crippen molar-refractivity contribution >= 4 is 17.8 Å². The molecule has 6 rings (SSSR count). The van der Waals surface area contributed by atoms with Gasteiger partial charge in [-0.1, -0.05) is 0 Å². The number of H-pyrrole nitrogens is 1. The fourth-order valence-electron chi connectivity index (χ4n) is 5.72. The second kappa shape index (κ2) is 10.2. The topological polar surface area (TPSA) is 153 Å². The zero-order valence-corrected chi connectivity index (χ0v) is 21.9.